The van der Waals surface area contributed by atoms with Crippen molar-refractivity contribution in [2.45, 2.75) is 38.5 Å². The van der Waals surface area contributed by atoms with E-state index in [0.29, 0.717) is 5.02 Å². The summed E-state index contributed by atoms with van der Waals surface area (Å²) >= 11 is 5.81. The van der Waals surface area contributed by atoms with Gasteiger partial charge in [-0.2, -0.15) is 0 Å². The van der Waals surface area contributed by atoms with Crippen molar-refractivity contribution in [3.8, 4) is 0 Å². The summed E-state index contributed by atoms with van der Waals surface area (Å²) in [4.78, 5) is 0. The van der Waals surface area contributed by atoms with Crippen molar-refractivity contribution < 1.29 is 4.21 Å². The molecule has 0 aliphatic carbocycles. The van der Waals surface area contributed by atoms with Crippen LogP contribution in [0.15, 0.2) is 24.3 Å². The molecule has 90 valence electrons. The van der Waals surface area contributed by atoms with E-state index < -0.39 is 11.0 Å². The lowest BCUT2D eigenvalue weighted by Crippen LogP contribution is -2.34. The largest absolute Gasteiger partial charge is 0.242 e. The standard InChI is InChI=1S/C12H18ClNOS/c1-9(14-16(15)12(2,3)4)10-5-7-11(13)8-6-10/h5-9,14H,1-4H3/t9-,16?/m0/s1. The van der Waals surface area contributed by atoms with E-state index in [4.69, 9.17) is 11.6 Å². The molecule has 0 saturated carbocycles. The van der Waals surface area contributed by atoms with Gasteiger partial charge in [0.15, 0.2) is 0 Å². The molecule has 0 spiro atoms. The number of nitrogens with one attached hydrogen (secondary N) is 1. The minimum atomic E-state index is -1.06. The Balaban J connectivity index is 2.69. The lowest BCUT2D eigenvalue weighted by Gasteiger charge is -2.22. The summed E-state index contributed by atoms with van der Waals surface area (Å²) in [6.07, 6.45) is 0. The van der Waals surface area contributed by atoms with Gasteiger partial charge in [-0.15, -0.1) is 0 Å². The summed E-state index contributed by atoms with van der Waals surface area (Å²) in [6, 6.07) is 7.63. The number of hydrogen-bond donors (Lipinski definition) is 1. The van der Waals surface area contributed by atoms with Gasteiger partial charge in [0.2, 0.25) is 0 Å². The smallest absolute Gasteiger partial charge is 0.0975 e. The van der Waals surface area contributed by atoms with Gasteiger partial charge in [-0.25, -0.2) is 8.93 Å². The normalized spacial score (nSPS) is 15.8. The van der Waals surface area contributed by atoms with Crippen molar-refractivity contribution in [2.75, 3.05) is 0 Å². The van der Waals surface area contributed by atoms with Gasteiger partial charge < -0.3 is 0 Å². The highest BCUT2D eigenvalue weighted by atomic mass is 35.5. The minimum absolute atomic E-state index is 0.0531. The first kappa shape index (κ1) is 13.7. The second-order valence-corrected chi connectivity index (χ2v) is 7.21. The van der Waals surface area contributed by atoms with E-state index in [0.717, 1.165) is 5.56 Å². The van der Waals surface area contributed by atoms with Crippen LogP contribution in [-0.4, -0.2) is 8.96 Å². The second-order valence-electron chi connectivity index (χ2n) is 4.77. The zero-order chi connectivity index (χ0) is 12.3. The maximum atomic E-state index is 11.9. The maximum Gasteiger partial charge on any atom is 0.0975 e. The third-order valence-corrected chi connectivity index (χ3v) is 4.14. The van der Waals surface area contributed by atoms with Crippen LogP contribution in [0, 0.1) is 0 Å². The van der Waals surface area contributed by atoms with Gasteiger partial charge in [-0.1, -0.05) is 23.7 Å². The monoisotopic (exact) mass is 259 g/mol. The fourth-order valence-corrected chi connectivity index (χ4v) is 2.09. The van der Waals surface area contributed by atoms with Crippen LogP contribution in [-0.2, 0) is 11.0 Å². The van der Waals surface area contributed by atoms with Crippen LogP contribution in [0.1, 0.15) is 39.3 Å². The Bertz CT molecular complexity index is 370. The first-order chi connectivity index (χ1) is 7.30. The van der Waals surface area contributed by atoms with Crippen LogP contribution < -0.4 is 4.72 Å². The molecule has 0 saturated heterocycles. The summed E-state index contributed by atoms with van der Waals surface area (Å²) < 4.78 is 14.7. The summed E-state index contributed by atoms with van der Waals surface area (Å²) in [5.74, 6) is 0. The average Bonchev–Trinajstić information content (AvgIpc) is 2.17. The maximum absolute atomic E-state index is 11.9. The average molecular weight is 260 g/mol. The molecule has 2 nitrogen and oxygen atoms in total. The third-order valence-electron chi connectivity index (χ3n) is 2.21. The molecule has 2 atom stereocenters. The number of benzene rings is 1. The van der Waals surface area contributed by atoms with Gasteiger partial charge in [-0.3, -0.25) is 0 Å². The van der Waals surface area contributed by atoms with Crippen molar-refractivity contribution in [3.05, 3.63) is 34.9 Å². The first-order valence-corrected chi connectivity index (χ1v) is 6.77. The highest BCUT2D eigenvalue weighted by molar-refractivity contribution is 7.84. The van der Waals surface area contributed by atoms with Gasteiger partial charge in [0.1, 0.15) is 0 Å². The van der Waals surface area contributed by atoms with E-state index in [1.165, 1.54) is 0 Å². The molecule has 0 amide bonds. The SMILES string of the molecule is C[C@H](NS(=O)C(C)(C)C)c1ccc(Cl)cc1. The molecule has 1 aromatic rings. The number of rotatable bonds is 3. The highest BCUT2D eigenvalue weighted by Crippen LogP contribution is 2.18. The molecule has 0 aromatic heterocycles. The van der Waals surface area contributed by atoms with Crippen LogP contribution in [0.4, 0.5) is 0 Å². The summed E-state index contributed by atoms with van der Waals surface area (Å²) in [7, 11) is -1.06. The van der Waals surface area contributed by atoms with Crippen molar-refractivity contribution in [1.29, 1.82) is 0 Å². The van der Waals surface area contributed by atoms with Crippen molar-refractivity contribution in [2.24, 2.45) is 0 Å². The summed E-state index contributed by atoms with van der Waals surface area (Å²) in [5.41, 5.74) is 1.09. The molecule has 1 aromatic carbocycles. The van der Waals surface area contributed by atoms with Crippen LogP contribution in [0.2, 0.25) is 5.02 Å². The van der Waals surface area contributed by atoms with Crippen molar-refractivity contribution >= 4 is 22.6 Å². The highest BCUT2D eigenvalue weighted by Gasteiger charge is 2.21. The molecule has 1 unspecified atom stereocenters. The van der Waals surface area contributed by atoms with Gasteiger partial charge in [0.05, 0.1) is 15.7 Å². The Hall–Kier alpha value is -0.380. The molecule has 0 fully saturated rings. The van der Waals surface area contributed by atoms with Gasteiger partial charge in [0, 0.05) is 11.1 Å². The summed E-state index contributed by atoms with van der Waals surface area (Å²) in [6.45, 7) is 7.84. The molecule has 0 radical (unpaired) electrons. The minimum Gasteiger partial charge on any atom is -0.242 e. The fraction of sp³-hybridized carbons (Fsp3) is 0.500. The van der Waals surface area contributed by atoms with Gasteiger partial charge >= 0.3 is 0 Å². The Kier molecular flexibility index (Phi) is 4.53. The Morgan fingerprint density at radius 1 is 1.25 bits per heavy atom. The summed E-state index contributed by atoms with van der Waals surface area (Å²) in [5, 5.41) is 0.716. The van der Waals surface area contributed by atoms with Crippen LogP contribution >= 0.6 is 11.6 Å². The quantitative estimate of drug-likeness (QED) is 0.885. The zero-order valence-corrected chi connectivity index (χ0v) is 11.7. The molecule has 16 heavy (non-hydrogen) atoms. The molecule has 0 heterocycles. The predicted octanol–water partition coefficient (Wildman–Crippen LogP) is 3.45. The van der Waals surface area contributed by atoms with E-state index in [2.05, 4.69) is 4.72 Å². The molecule has 1 N–H and O–H groups in total. The molecule has 1 rings (SSSR count). The topological polar surface area (TPSA) is 29.1 Å². The van der Waals surface area contributed by atoms with Crippen LogP contribution in [0.5, 0.6) is 0 Å². The predicted molar refractivity (Wildman–Crippen MR) is 70.9 cm³/mol. The first-order valence-electron chi connectivity index (χ1n) is 5.24. The van der Waals surface area contributed by atoms with Gasteiger partial charge in [0.25, 0.3) is 0 Å². The molecular formula is C12H18ClNOS. The number of halogens is 1. The number of hydrogen-bond acceptors (Lipinski definition) is 1. The van der Waals surface area contributed by atoms with Crippen molar-refractivity contribution in [1.82, 2.24) is 4.72 Å². The zero-order valence-electron chi connectivity index (χ0n) is 10.1. The molecule has 0 bridgehead atoms. The fourth-order valence-electron chi connectivity index (χ4n) is 1.16. The van der Waals surface area contributed by atoms with E-state index in [-0.39, 0.29) is 10.8 Å². The molecule has 0 aliphatic rings. The molecule has 0 aliphatic heterocycles. The van der Waals surface area contributed by atoms with Crippen LogP contribution in [0.3, 0.4) is 0 Å². The van der Waals surface area contributed by atoms with Crippen molar-refractivity contribution in [3.63, 3.8) is 0 Å². The Morgan fingerprint density at radius 2 is 1.75 bits per heavy atom. The Morgan fingerprint density at radius 3 is 2.19 bits per heavy atom. The lowest BCUT2D eigenvalue weighted by molar-refractivity contribution is 0.616. The molecular weight excluding hydrogens is 242 g/mol. The third kappa shape index (κ3) is 3.89. The van der Waals surface area contributed by atoms with Crippen LogP contribution in [0.25, 0.3) is 0 Å². The van der Waals surface area contributed by atoms with E-state index >= 15 is 0 Å². The molecule has 4 heteroatoms. The van der Waals surface area contributed by atoms with E-state index in [1.807, 2.05) is 52.0 Å². The van der Waals surface area contributed by atoms with Gasteiger partial charge in [-0.05, 0) is 45.4 Å². The Labute approximate surface area is 105 Å². The van der Waals surface area contributed by atoms with E-state index in [1.54, 1.807) is 0 Å². The lowest BCUT2D eigenvalue weighted by atomic mass is 10.1. The van der Waals surface area contributed by atoms with E-state index in [9.17, 15) is 4.21 Å². The second kappa shape index (κ2) is 5.30.